The van der Waals surface area contributed by atoms with Crippen molar-refractivity contribution in [2.45, 2.75) is 6.54 Å². The van der Waals surface area contributed by atoms with E-state index in [1.165, 1.54) is 4.90 Å². The van der Waals surface area contributed by atoms with Crippen LogP contribution in [0.5, 0.6) is 0 Å². The second-order valence-corrected chi connectivity index (χ2v) is 4.60. The average molecular weight is 267 g/mol. The third-order valence-corrected chi connectivity index (χ3v) is 3.20. The molecule has 1 N–H and O–H groups in total. The van der Waals surface area contributed by atoms with Crippen LogP contribution < -0.4 is 5.32 Å². The molecule has 5 heteroatoms. The van der Waals surface area contributed by atoms with Gasteiger partial charge in [0.05, 0.1) is 0 Å². The maximum absolute atomic E-state index is 12.4. The summed E-state index contributed by atoms with van der Waals surface area (Å²) in [5.41, 5.74) is 2.23. The molecule has 2 heterocycles. The standard InChI is InChI=1S/C15H13N3O2/c19-14-10-18(15(20)11-5-7-16-8-6-11)9-12-3-1-2-4-13(12)17-14/h1-8H,9-10H2,(H,17,19). The van der Waals surface area contributed by atoms with Gasteiger partial charge in [-0.3, -0.25) is 14.6 Å². The highest BCUT2D eigenvalue weighted by Crippen LogP contribution is 2.21. The molecule has 1 aliphatic heterocycles. The zero-order chi connectivity index (χ0) is 13.9. The van der Waals surface area contributed by atoms with Crippen LogP contribution in [0, 0.1) is 0 Å². The predicted molar refractivity (Wildman–Crippen MR) is 74.0 cm³/mol. The van der Waals surface area contributed by atoms with Crippen molar-refractivity contribution >= 4 is 17.5 Å². The van der Waals surface area contributed by atoms with Crippen LogP contribution in [0.4, 0.5) is 5.69 Å². The Morgan fingerprint density at radius 3 is 2.65 bits per heavy atom. The Bertz CT molecular complexity index is 655. The molecule has 0 bridgehead atoms. The molecule has 3 rings (SSSR count). The van der Waals surface area contributed by atoms with Crippen LogP contribution in [-0.4, -0.2) is 28.2 Å². The lowest BCUT2D eigenvalue weighted by molar-refractivity contribution is -0.116. The van der Waals surface area contributed by atoms with Gasteiger partial charge in [0.2, 0.25) is 5.91 Å². The van der Waals surface area contributed by atoms with Crippen LogP contribution in [-0.2, 0) is 11.3 Å². The van der Waals surface area contributed by atoms with E-state index in [-0.39, 0.29) is 18.4 Å². The molecule has 0 radical (unpaired) electrons. The summed E-state index contributed by atoms with van der Waals surface area (Å²) >= 11 is 0. The normalized spacial score (nSPS) is 14.2. The number of carbonyl (C=O) groups excluding carboxylic acids is 2. The van der Waals surface area contributed by atoms with E-state index in [0.717, 1.165) is 11.3 Å². The molecule has 1 aromatic heterocycles. The number of hydrogen-bond acceptors (Lipinski definition) is 3. The molecule has 0 fully saturated rings. The number of nitrogens with one attached hydrogen (secondary N) is 1. The van der Waals surface area contributed by atoms with Crippen molar-refractivity contribution in [2.24, 2.45) is 0 Å². The third-order valence-electron chi connectivity index (χ3n) is 3.20. The highest BCUT2D eigenvalue weighted by Gasteiger charge is 2.23. The average Bonchev–Trinajstić information content (AvgIpc) is 2.65. The van der Waals surface area contributed by atoms with Crippen LogP contribution in [0.1, 0.15) is 15.9 Å². The monoisotopic (exact) mass is 267 g/mol. The third kappa shape index (κ3) is 2.38. The lowest BCUT2D eigenvalue weighted by atomic mass is 10.1. The van der Waals surface area contributed by atoms with E-state index in [0.29, 0.717) is 12.1 Å². The Balaban J connectivity index is 1.91. The summed E-state index contributed by atoms with van der Waals surface area (Å²) in [6.07, 6.45) is 3.14. The van der Waals surface area contributed by atoms with Gasteiger partial charge in [-0.15, -0.1) is 0 Å². The zero-order valence-electron chi connectivity index (χ0n) is 10.7. The number of pyridine rings is 1. The number of anilines is 1. The molecule has 0 spiro atoms. The van der Waals surface area contributed by atoms with Crippen LogP contribution in [0.25, 0.3) is 0 Å². The molecule has 100 valence electrons. The van der Waals surface area contributed by atoms with Crippen molar-refractivity contribution in [3.05, 3.63) is 59.9 Å². The van der Waals surface area contributed by atoms with E-state index in [9.17, 15) is 9.59 Å². The van der Waals surface area contributed by atoms with Crippen LogP contribution >= 0.6 is 0 Å². The van der Waals surface area contributed by atoms with Crippen LogP contribution in [0.15, 0.2) is 48.8 Å². The number of benzene rings is 1. The number of rotatable bonds is 1. The van der Waals surface area contributed by atoms with Gasteiger partial charge in [-0.2, -0.15) is 0 Å². The quantitative estimate of drug-likeness (QED) is 0.855. The zero-order valence-corrected chi connectivity index (χ0v) is 10.7. The lowest BCUT2D eigenvalue weighted by Gasteiger charge is -2.19. The number of aromatic nitrogens is 1. The summed E-state index contributed by atoms with van der Waals surface area (Å²) in [5, 5.41) is 2.81. The van der Waals surface area contributed by atoms with Gasteiger partial charge in [-0.05, 0) is 23.8 Å². The minimum atomic E-state index is -0.183. The van der Waals surface area contributed by atoms with Crippen molar-refractivity contribution in [2.75, 3.05) is 11.9 Å². The van der Waals surface area contributed by atoms with Gasteiger partial charge < -0.3 is 10.2 Å². The van der Waals surface area contributed by atoms with E-state index >= 15 is 0 Å². The summed E-state index contributed by atoms with van der Waals surface area (Å²) < 4.78 is 0. The highest BCUT2D eigenvalue weighted by atomic mass is 16.2. The topological polar surface area (TPSA) is 62.3 Å². The molecular weight excluding hydrogens is 254 g/mol. The van der Waals surface area contributed by atoms with Crippen LogP contribution in [0.3, 0.4) is 0 Å². The van der Waals surface area contributed by atoms with E-state index < -0.39 is 0 Å². The summed E-state index contributed by atoms with van der Waals surface area (Å²) in [4.78, 5) is 29.7. The first-order valence-corrected chi connectivity index (χ1v) is 6.31. The molecule has 0 unspecified atom stereocenters. The van der Waals surface area contributed by atoms with E-state index in [1.54, 1.807) is 24.5 Å². The van der Waals surface area contributed by atoms with Gasteiger partial charge in [0.1, 0.15) is 6.54 Å². The molecule has 2 aromatic rings. The minimum Gasteiger partial charge on any atom is -0.325 e. The molecule has 1 aliphatic rings. The molecule has 5 nitrogen and oxygen atoms in total. The smallest absolute Gasteiger partial charge is 0.254 e. The largest absolute Gasteiger partial charge is 0.325 e. The van der Waals surface area contributed by atoms with Gasteiger partial charge in [0.15, 0.2) is 0 Å². The van der Waals surface area contributed by atoms with Gasteiger partial charge in [0.25, 0.3) is 5.91 Å². The second-order valence-electron chi connectivity index (χ2n) is 4.60. The van der Waals surface area contributed by atoms with Crippen molar-refractivity contribution in [3.63, 3.8) is 0 Å². The molecule has 0 saturated heterocycles. The molecule has 1 aromatic carbocycles. The number of para-hydroxylation sites is 1. The first-order valence-electron chi connectivity index (χ1n) is 6.31. The predicted octanol–water partition coefficient (Wildman–Crippen LogP) is 1.68. The first-order chi connectivity index (χ1) is 9.74. The second kappa shape index (κ2) is 5.13. The summed E-state index contributed by atoms with van der Waals surface area (Å²) in [5.74, 6) is -0.350. The number of carbonyl (C=O) groups is 2. The maximum atomic E-state index is 12.4. The van der Waals surface area contributed by atoms with E-state index in [1.807, 2.05) is 24.3 Å². The fourth-order valence-electron chi connectivity index (χ4n) is 2.23. The summed E-state index contributed by atoms with van der Waals surface area (Å²) in [6.45, 7) is 0.464. The summed E-state index contributed by atoms with van der Waals surface area (Å²) in [6, 6.07) is 10.8. The van der Waals surface area contributed by atoms with Crippen molar-refractivity contribution < 1.29 is 9.59 Å². The Kier molecular flexibility index (Phi) is 3.16. The highest BCUT2D eigenvalue weighted by molar-refractivity contribution is 6.00. The Labute approximate surface area is 116 Å². The number of nitrogens with zero attached hydrogens (tertiary/aromatic N) is 2. The number of hydrogen-bond donors (Lipinski definition) is 1. The number of fused-ring (bicyclic) bond motifs is 1. The number of amides is 2. The van der Waals surface area contributed by atoms with Crippen molar-refractivity contribution in [1.82, 2.24) is 9.88 Å². The van der Waals surface area contributed by atoms with Gasteiger partial charge in [-0.1, -0.05) is 18.2 Å². The van der Waals surface area contributed by atoms with Gasteiger partial charge >= 0.3 is 0 Å². The minimum absolute atomic E-state index is 0.0514. The fraction of sp³-hybridized carbons (Fsp3) is 0.133. The molecular formula is C15H13N3O2. The van der Waals surface area contributed by atoms with E-state index in [4.69, 9.17) is 0 Å². The summed E-state index contributed by atoms with van der Waals surface area (Å²) in [7, 11) is 0. The van der Waals surface area contributed by atoms with Crippen molar-refractivity contribution in [1.29, 1.82) is 0 Å². The Morgan fingerprint density at radius 1 is 1.10 bits per heavy atom. The van der Waals surface area contributed by atoms with E-state index in [2.05, 4.69) is 10.3 Å². The first kappa shape index (κ1) is 12.3. The van der Waals surface area contributed by atoms with Crippen molar-refractivity contribution in [3.8, 4) is 0 Å². The molecule has 0 saturated carbocycles. The van der Waals surface area contributed by atoms with Crippen LogP contribution in [0.2, 0.25) is 0 Å². The SMILES string of the molecule is O=C1CN(C(=O)c2ccncc2)Cc2ccccc2N1. The molecule has 20 heavy (non-hydrogen) atoms. The fourth-order valence-corrected chi connectivity index (χ4v) is 2.23. The lowest BCUT2D eigenvalue weighted by Crippen LogP contribution is -2.35. The molecule has 0 atom stereocenters. The molecule has 2 amide bonds. The maximum Gasteiger partial charge on any atom is 0.254 e. The van der Waals surface area contributed by atoms with Gasteiger partial charge in [-0.25, -0.2) is 0 Å². The van der Waals surface area contributed by atoms with Gasteiger partial charge in [0, 0.05) is 30.2 Å². The Morgan fingerprint density at radius 2 is 1.85 bits per heavy atom. The Hall–Kier alpha value is -2.69. The molecule has 0 aliphatic carbocycles.